The Bertz CT molecular complexity index is 99.5. The van der Waals surface area contributed by atoms with Crippen molar-refractivity contribution in [2.75, 3.05) is 13.2 Å². The molecular weight excluding hydrogens is 144 g/mol. The van der Waals surface area contributed by atoms with Gasteiger partial charge in [-0.1, -0.05) is 6.92 Å². The molecule has 11 heavy (non-hydrogen) atoms. The Morgan fingerprint density at radius 3 is 2.64 bits per heavy atom. The topological polar surface area (TPSA) is 38.7 Å². The average Bonchev–Trinajstić information content (AvgIpc) is 2.06. The van der Waals surface area contributed by atoms with Crippen molar-refractivity contribution in [1.82, 2.24) is 0 Å². The number of ether oxygens (including phenoxy) is 2. The van der Waals surface area contributed by atoms with E-state index in [1.165, 1.54) is 0 Å². The van der Waals surface area contributed by atoms with Crippen LogP contribution < -0.4 is 0 Å². The first-order valence-corrected chi connectivity index (χ1v) is 4.24. The first-order valence-electron chi connectivity index (χ1n) is 4.24. The van der Waals surface area contributed by atoms with Crippen LogP contribution in [0.3, 0.4) is 0 Å². The highest BCUT2D eigenvalue weighted by atomic mass is 16.7. The minimum Gasteiger partial charge on any atom is -0.393 e. The number of aliphatic hydroxyl groups is 1. The molecule has 1 N–H and O–H groups in total. The van der Waals surface area contributed by atoms with E-state index in [1.54, 1.807) is 0 Å². The summed E-state index contributed by atoms with van der Waals surface area (Å²) < 4.78 is 10.5. The van der Waals surface area contributed by atoms with Gasteiger partial charge in [0.05, 0.1) is 19.3 Å². The van der Waals surface area contributed by atoms with Crippen molar-refractivity contribution >= 4 is 0 Å². The molecule has 3 nitrogen and oxygen atoms in total. The molecule has 66 valence electrons. The Balaban J connectivity index is 2.13. The largest absolute Gasteiger partial charge is 0.393 e. The molecule has 1 heterocycles. The molecule has 1 atom stereocenters. The van der Waals surface area contributed by atoms with Gasteiger partial charge in [0.1, 0.15) is 0 Å². The summed E-state index contributed by atoms with van der Waals surface area (Å²) in [5, 5.41) is 9.25. The summed E-state index contributed by atoms with van der Waals surface area (Å²) in [6, 6.07) is 0. The van der Waals surface area contributed by atoms with Gasteiger partial charge in [-0.05, 0) is 12.8 Å². The lowest BCUT2D eigenvalue weighted by Crippen LogP contribution is -2.28. The van der Waals surface area contributed by atoms with E-state index in [9.17, 15) is 5.11 Å². The van der Waals surface area contributed by atoms with E-state index in [-0.39, 0.29) is 12.4 Å². The second-order valence-corrected chi connectivity index (χ2v) is 2.82. The van der Waals surface area contributed by atoms with Gasteiger partial charge in [-0.3, -0.25) is 0 Å². The molecule has 0 aromatic heterocycles. The summed E-state index contributed by atoms with van der Waals surface area (Å²) in [5.74, 6) is 0. The third-order valence-corrected chi connectivity index (χ3v) is 1.83. The summed E-state index contributed by atoms with van der Waals surface area (Å²) in [7, 11) is 0. The lowest BCUT2D eigenvalue weighted by molar-refractivity contribution is -0.191. The second kappa shape index (κ2) is 4.70. The maximum atomic E-state index is 9.25. The number of hydrogen-bond acceptors (Lipinski definition) is 3. The Kier molecular flexibility index (Phi) is 3.83. The van der Waals surface area contributed by atoms with Crippen molar-refractivity contribution in [1.29, 1.82) is 0 Å². The highest BCUT2D eigenvalue weighted by Crippen LogP contribution is 2.11. The van der Waals surface area contributed by atoms with Crippen LogP contribution in [0.15, 0.2) is 0 Å². The molecule has 0 aromatic rings. The van der Waals surface area contributed by atoms with E-state index in [2.05, 4.69) is 0 Å². The molecule has 0 saturated carbocycles. The summed E-state index contributed by atoms with van der Waals surface area (Å²) >= 11 is 0. The molecule has 0 radical (unpaired) electrons. The summed E-state index contributed by atoms with van der Waals surface area (Å²) in [5.41, 5.74) is 0. The van der Waals surface area contributed by atoms with Crippen LogP contribution in [0.2, 0.25) is 0 Å². The van der Waals surface area contributed by atoms with Gasteiger partial charge < -0.3 is 14.6 Å². The molecule has 0 aromatic carbocycles. The normalized spacial score (nSPS) is 23.5. The van der Waals surface area contributed by atoms with Crippen LogP contribution in [-0.2, 0) is 9.47 Å². The zero-order chi connectivity index (χ0) is 8.10. The summed E-state index contributed by atoms with van der Waals surface area (Å²) in [6.07, 6.45) is 1.90. The van der Waals surface area contributed by atoms with E-state index in [4.69, 9.17) is 9.47 Å². The van der Waals surface area contributed by atoms with Crippen LogP contribution in [0.5, 0.6) is 0 Å². The number of rotatable bonds is 3. The van der Waals surface area contributed by atoms with E-state index in [0.717, 1.165) is 26.1 Å². The van der Waals surface area contributed by atoms with E-state index in [0.29, 0.717) is 6.42 Å². The van der Waals surface area contributed by atoms with Crippen molar-refractivity contribution in [3.8, 4) is 0 Å². The molecule has 1 fully saturated rings. The minimum atomic E-state index is -0.280. The first-order chi connectivity index (χ1) is 5.33. The molecular formula is C8H16O3. The minimum absolute atomic E-state index is 0.168. The molecule has 1 aliphatic rings. The number of aliphatic hydroxyl groups excluding tert-OH is 1. The fourth-order valence-electron chi connectivity index (χ4n) is 1.06. The predicted molar refractivity (Wildman–Crippen MR) is 41.2 cm³/mol. The van der Waals surface area contributed by atoms with Gasteiger partial charge in [-0.15, -0.1) is 0 Å². The zero-order valence-corrected chi connectivity index (χ0v) is 6.95. The van der Waals surface area contributed by atoms with Crippen LogP contribution in [-0.4, -0.2) is 30.7 Å². The van der Waals surface area contributed by atoms with Gasteiger partial charge in [0, 0.05) is 6.42 Å². The van der Waals surface area contributed by atoms with Crippen molar-refractivity contribution in [2.24, 2.45) is 0 Å². The lowest BCUT2D eigenvalue weighted by atomic mass is 10.2. The maximum Gasteiger partial charge on any atom is 0.160 e. The molecule has 1 unspecified atom stereocenters. The second-order valence-electron chi connectivity index (χ2n) is 2.82. The third kappa shape index (κ3) is 3.18. The molecule has 0 bridgehead atoms. The Hall–Kier alpha value is -0.120. The van der Waals surface area contributed by atoms with E-state index in [1.807, 2.05) is 6.92 Å². The summed E-state index contributed by atoms with van der Waals surface area (Å²) in [6.45, 7) is 3.48. The van der Waals surface area contributed by atoms with Crippen molar-refractivity contribution in [3.05, 3.63) is 0 Å². The van der Waals surface area contributed by atoms with Gasteiger partial charge in [-0.25, -0.2) is 0 Å². The quantitative estimate of drug-likeness (QED) is 0.667. The van der Waals surface area contributed by atoms with Crippen LogP contribution in [0.25, 0.3) is 0 Å². The highest BCUT2D eigenvalue weighted by Gasteiger charge is 2.17. The standard InChI is InChI=1S/C8H16O3/c1-2-7(9)6-8-10-4-3-5-11-8/h7-9H,2-6H2,1H3. The van der Waals surface area contributed by atoms with Gasteiger partial charge in [0.2, 0.25) is 0 Å². The zero-order valence-electron chi connectivity index (χ0n) is 6.95. The Morgan fingerprint density at radius 2 is 2.09 bits per heavy atom. The number of hydrogen-bond donors (Lipinski definition) is 1. The molecule has 1 rings (SSSR count). The maximum absolute atomic E-state index is 9.25. The van der Waals surface area contributed by atoms with Gasteiger partial charge in [-0.2, -0.15) is 0 Å². The van der Waals surface area contributed by atoms with E-state index >= 15 is 0 Å². The molecule has 0 spiro atoms. The lowest BCUT2D eigenvalue weighted by Gasteiger charge is -2.24. The Labute approximate surface area is 67.3 Å². The van der Waals surface area contributed by atoms with Crippen LogP contribution in [0.1, 0.15) is 26.2 Å². The monoisotopic (exact) mass is 160 g/mol. The fourth-order valence-corrected chi connectivity index (χ4v) is 1.06. The molecule has 0 amide bonds. The molecule has 0 aliphatic carbocycles. The summed E-state index contributed by atoms with van der Waals surface area (Å²) in [4.78, 5) is 0. The van der Waals surface area contributed by atoms with Crippen LogP contribution in [0.4, 0.5) is 0 Å². The van der Waals surface area contributed by atoms with Gasteiger partial charge in [0.15, 0.2) is 6.29 Å². The molecule has 3 heteroatoms. The van der Waals surface area contributed by atoms with E-state index < -0.39 is 0 Å². The average molecular weight is 160 g/mol. The fraction of sp³-hybridized carbons (Fsp3) is 1.00. The van der Waals surface area contributed by atoms with Crippen molar-refractivity contribution in [3.63, 3.8) is 0 Å². The van der Waals surface area contributed by atoms with Crippen LogP contribution in [0, 0.1) is 0 Å². The van der Waals surface area contributed by atoms with Gasteiger partial charge in [0.25, 0.3) is 0 Å². The van der Waals surface area contributed by atoms with Crippen molar-refractivity contribution in [2.45, 2.75) is 38.6 Å². The van der Waals surface area contributed by atoms with Crippen LogP contribution >= 0.6 is 0 Å². The molecule has 1 aliphatic heterocycles. The smallest absolute Gasteiger partial charge is 0.160 e. The van der Waals surface area contributed by atoms with Crippen molar-refractivity contribution < 1.29 is 14.6 Å². The Morgan fingerprint density at radius 1 is 1.45 bits per heavy atom. The SMILES string of the molecule is CCC(O)CC1OCCCO1. The third-order valence-electron chi connectivity index (χ3n) is 1.83. The van der Waals surface area contributed by atoms with Gasteiger partial charge >= 0.3 is 0 Å². The first kappa shape index (κ1) is 8.97. The molecule has 1 saturated heterocycles. The highest BCUT2D eigenvalue weighted by molar-refractivity contribution is 4.58. The predicted octanol–water partition coefficient (Wildman–Crippen LogP) is 0.910.